The summed E-state index contributed by atoms with van der Waals surface area (Å²) in [5.41, 5.74) is -0.626. The molecule has 2 aromatic carbocycles. The van der Waals surface area contributed by atoms with E-state index >= 15 is 0 Å². The van der Waals surface area contributed by atoms with Crippen LogP contribution in [0.1, 0.15) is 52.1 Å². The molecule has 15 heteroatoms. The summed E-state index contributed by atoms with van der Waals surface area (Å²) in [5.74, 6) is -0.412. The van der Waals surface area contributed by atoms with E-state index in [4.69, 9.17) is 21.1 Å². The SMILES string of the molecule is COc1ccc2c(c1)CCN(C1CCN(C(=O)Cn3cc(-c4cccc(F)c4Cl)c(=O)n([C@@H](C)CNC(=O)OC(C)(C)C)c3=O)CC1)C(=O)N2. The molecular weight excluding hydrogens is 671 g/mol. The van der Waals surface area contributed by atoms with Crippen LogP contribution in [0.25, 0.3) is 11.1 Å². The van der Waals surface area contributed by atoms with Crippen molar-refractivity contribution in [2.45, 2.75) is 71.2 Å². The molecule has 0 bridgehead atoms. The van der Waals surface area contributed by atoms with Crippen molar-refractivity contribution < 1.29 is 28.2 Å². The molecule has 1 saturated heterocycles. The molecule has 50 heavy (non-hydrogen) atoms. The molecule has 1 fully saturated rings. The minimum atomic E-state index is -0.876. The summed E-state index contributed by atoms with van der Waals surface area (Å²) >= 11 is 6.26. The summed E-state index contributed by atoms with van der Waals surface area (Å²) in [6, 6.07) is 8.35. The van der Waals surface area contributed by atoms with Crippen LogP contribution in [0.15, 0.2) is 52.2 Å². The summed E-state index contributed by atoms with van der Waals surface area (Å²) in [4.78, 5) is 70.0. The second kappa shape index (κ2) is 15.0. The molecule has 1 aromatic heterocycles. The number of benzene rings is 2. The van der Waals surface area contributed by atoms with E-state index < -0.39 is 41.3 Å². The van der Waals surface area contributed by atoms with E-state index in [1.807, 2.05) is 12.1 Å². The third-order valence-corrected chi connectivity index (χ3v) is 9.19. The minimum Gasteiger partial charge on any atom is -0.497 e. The molecule has 2 N–H and O–H groups in total. The molecule has 268 valence electrons. The van der Waals surface area contributed by atoms with Crippen LogP contribution in [0.5, 0.6) is 5.75 Å². The third-order valence-electron chi connectivity index (χ3n) is 8.81. The maximum absolute atomic E-state index is 14.5. The number of ether oxygens (including phenoxy) is 2. The van der Waals surface area contributed by atoms with Gasteiger partial charge >= 0.3 is 17.8 Å². The number of piperidine rings is 1. The second-order valence-electron chi connectivity index (χ2n) is 13.5. The van der Waals surface area contributed by atoms with Crippen LogP contribution in [0.4, 0.5) is 19.7 Å². The number of halogens is 2. The Morgan fingerprint density at radius 2 is 1.80 bits per heavy atom. The second-order valence-corrected chi connectivity index (χ2v) is 13.8. The Labute approximate surface area is 293 Å². The van der Waals surface area contributed by atoms with Gasteiger partial charge in [0.05, 0.1) is 23.7 Å². The lowest BCUT2D eigenvalue weighted by Gasteiger charge is -2.38. The molecule has 3 aromatic rings. The number of rotatable bonds is 8. The Kier molecular flexibility index (Phi) is 10.9. The first-order valence-corrected chi connectivity index (χ1v) is 16.8. The fourth-order valence-electron chi connectivity index (χ4n) is 6.23. The van der Waals surface area contributed by atoms with Gasteiger partial charge in [-0.05, 0) is 76.8 Å². The number of aromatic nitrogens is 2. The number of alkyl carbamates (subject to hydrolysis) is 1. The average Bonchev–Trinajstić information content (AvgIpc) is 3.23. The molecule has 5 rings (SSSR count). The zero-order valence-corrected chi connectivity index (χ0v) is 29.5. The summed E-state index contributed by atoms with van der Waals surface area (Å²) in [6.07, 6.45) is 2.19. The van der Waals surface area contributed by atoms with Gasteiger partial charge in [0.15, 0.2) is 0 Å². The minimum absolute atomic E-state index is 0.0519. The standard InChI is InChI=1S/C35H42ClFN6O7/c1-21(18-38-33(47)50-35(2,3)4)43-31(45)26(25-7-6-8-27(37)30(25)36)19-41(34(43)48)20-29(44)40-14-12-23(13-15-40)42-16-11-22-17-24(49-5)9-10-28(22)39-32(42)46/h6-10,17,19,21,23H,11-16,18,20H2,1-5H3,(H,38,47)(H,39,46)/t21-/m0/s1. The quantitative estimate of drug-likeness (QED) is 0.346. The van der Waals surface area contributed by atoms with Crippen molar-refractivity contribution in [2.75, 3.05) is 38.6 Å². The fraction of sp³-hybridized carbons (Fsp3) is 0.457. The Hall–Kier alpha value is -4.85. The molecule has 0 spiro atoms. The largest absolute Gasteiger partial charge is 0.497 e. The molecule has 2 aliphatic heterocycles. The first-order valence-electron chi connectivity index (χ1n) is 16.5. The number of nitrogens with one attached hydrogen (secondary N) is 2. The molecule has 0 unspecified atom stereocenters. The smallest absolute Gasteiger partial charge is 0.407 e. The van der Waals surface area contributed by atoms with Crippen molar-refractivity contribution in [1.29, 1.82) is 0 Å². The number of methoxy groups -OCH3 is 1. The Morgan fingerprint density at radius 3 is 2.48 bits per heavy atom. The summed E-state index contributed by atoms with van der Waals surface area (Å²) in [5, 5.41) is 5.24. The first-order chi connectivity index (χ1) is 23.7. The van der Waals surface area contributed by atoms with Gasteiger partial charge in [0.1, 0.15) is 23.7 Å². The number of amides is 4. The van der Waals surface area contributed by atoms with Crippen LogP contribution in [0, 0.1) is 5.82 Å². The Balaban J connectivity index is 1.33. The van der Waals surface area contributed by atoms with Gasteiger partial charge in [-0.3, -0.25) is 18.7 Å². The molecule has 3 heterocycles. The number of urea groups is 1. The average molecular weight is 713 g/mol. The Bertz CT molecular complexity index is 1900. The van der Waals surface area contributed by atoms with Gasteiger partial charge in [-0.25, -0.2) is 18.8 Å². The molecule has 0 saturated carbocycles. The number of carbonyl (C=O) groups excluding carboxylic acids is 3. The zero-order valence-electron chi connectivity index (χ0n) is 28.8. The molecule has 2 aliphatic rings. The lowest BCUT2D eigenvalue weighted by atomic mass is 10.0. The van der Waals surface area contributed by atoms with E-state index in [1.165, 1.54) is 18.3 Å². The molecule has 0 aliphatic carbocycles. The lowest BCUT2D eigenvalue weighted by Crippen LogP contribution is -2.51. The van der Waals surface area contributed by atoms with Gasteiger partial charge in [0, 0.05) is 49.7 Å². The van der Waals surface area contributed by atoms with Crippen LogP contribution >= 0.6 is 11.6 Å². The molecule has 4 amide bonds. The summed E-state index contributed by atoms with van der Waals surface area (Å²) < 4.78 is 27.1. The van der Waals surface area contributed by atoms with Crippen molar-refractivity contribution in [3.63, 3.8) is 0 Å². The predicted molar refractivity (Wildman–Crippen MR) is 186 cm³/mol. The van der Waals surface area contributed by atoms with E-state index in [9.17, 15) is 28.4 Å². The van der Waals surface area contributed by atoms with Crippen molar-refractivity contribution >= 4 is 35.3 Å². The van der Waals surface area contributed by atoms with Gasteiger partial charge in [-0.15, -0.1) is 0 Å². The first kappa shape index (κ1) is 36.4. The monoisotopic (exact) mass is 712 g/mol. The number of likely N-dealkylation sites (tertiary alicyclic amines) is 1. The van der Waals surface area contributed by atoms with Crippen molar-refractivity contribution in [3.8, 4) is 16.9 Å². The normalized spacial score (nSPS) is 15.9. The van der Waals surface area contributed by atoms with Gasteiger partial charge in [-0.1, -0.05) is 23.7 Å². The highest BCUT2D eigenvalue weighted by Gasteiger charge is 2.32. The van der Waals surface area contributed by atoms with Crippen LogP contribution < -0.4 is 26.6 Å². The lowest BCUT2D eigenvalue weighted by molar-refractivity contribution is -0.133. The number of fused-ring (bicyclic) bond motifs is 1. The van der Waals surface area contributed by atoms with E-state index in [0.29, 0.717) is 44.6 Å². The van der Waals surface area contributed by atoms with Crippen LogP contribution in [-0.2, 0) is 22.5 Å². The summed E-state index contributed by atoms with van der Waals surface area (Å²) in [7, 11) is 1.59. The van der Waals surface area contributed by atoms with Gasteiger partial charge < -0.3 is 29.9 Å². The molecular formula is C35H42ClFN6O7. The van der Waals surface area contributed by atoms with E-state index in [2.05, 4.69) is 10.6 Å². The van der Waals surface area contributed by atoms with Gasteiger partial charge in [-0.2, -0.15) is 0 Å². The van der Waals surface area contributed by atoms with Crippen LogP contribution in [0.2, 0.25) is 5.02 Å². The number of hydrogen-bond acceptors (Lipinski definition) is 7. The van der Waals surface area contributed by atoms with Crippen molar-refractivity contribution in [3.05, 3.63) is 79.8 Å². The van der Waals surface area contributed by atoms with Crippen molar-refractivity contribution in [1.82, 2.24) is 24.3 Å². The van der Waals surface area contributed by atoms with E-state index in [-0.39, 0.29) is 40.7 Å². The maximum Gasteiger partial charge on any atom is 0.407 e. The third kappa shape index (κ3) is 8.12. The highest BCUT2D eigenvalue weighted by Crippen LogP contribution is 2.29. The van der Waals surface area contributed by atoms with Gasteiger partial charge in [0.2, 0.25) is 5.91 Å². The molecule has 13 nitrogen and oxygen atoms in total. The summed E-state index contributed by atoms with van der Waals surface area (Å²) in [6.45, 7) is 7.32. The zero-order chi connectivity index (χ0) is 36.3. The predicted octanol–water partition coefficient (Wildman–Crippen LogP) is 4.65. The topological polar surface area (TPSA) is 144 Å². The van der Waals surface area contributed by atoms with E-state index in [0.717, 1.165) is 26.5 Å². The van der Waals surface area contributed by atoms with Gasteiger partial charge in [0.25, 0.3) is 5.56 Å². The Morgan fingerprint density at radius 1 is 1.08 bits per heavy atom. The highest BCUT2D eigenvalue weighted by molar-refractivity contribution is 6.33. The fourth-order valence-corrected chi connectivity index (χ4v) is 6.46. The maximum atomic E-state index is 14.5. The van der Waals surface area contributed by atoms with Crippen molar-refractivity contribution in [2.24, 2.45) is 0 Å². The molecule has 1 atom stereocenters. The number of anilines is 1. The molecule has 0 radical (unpaired) electrons. The van der Waals surface area contributed by atoms with Crippen LogP contribution in [0.3, 0.4) is 0 Å². The van der Waals surface area contributed by atoms with E-state index in [1.54, 1.807) is 50.7 Å². The number of carbonyl (C=O) groups is 3. The van der Waals surface area contributed by atoms with Crippen LogP contribution in [-0.4, -0.2) is 81.9 Å². The number of hydrogen-bond donors (Lipinski definition) is 2. The highest BCUT2D eigenvalue weighted by atomic mass is 35.5. The number of nitrogens with zero attached hydrogens (tertiary/aromatic N) is 4.